The van der Waals surface area contributed by atoms with Crippen molar-refractivity contribution >= 4 is 122 Å². The highest BCUT2D eigenvalue weighted by atomic mass is 32.3. The molecule has 4 aliphatic rings. The molecule has 4 aliphatic carbocycles. The van der Waals surface area contributed by atoms with Gasteiger partial charge in [0.2, 0.25) is 16.5 Å². The molecule has 0 saturated carbocycles. The average molecular weight is 1080 g/mol. The molecule has 0 spiro atoms. The second-order valence-corrected chi connectivity index (χ2v) is 20.2. The van der Waals surface area contributed by atoms with Crippen molar-refractivity contribution in [3.63, 3.8) is 0 Å². The Morgan fingerprint density at radius 3 is 1.58 bits per heavy atom. The van der Waals surface area contributed by atoms with Crippen LogP contribution in [0.1, 0.15) is 15.9 Å². The summed E-state index contributed by atoms with van der Waals surface area (Å²) in [6.07, 6.45) is 12.5. The summed E-state index contributed by atoms with van der Waals surface area (Å²) in [6.45, 7) is 0. The van der Waals surface area contributed by atoms with Crippen LogP contribution < -0.4 is 10.5 Å². The van der Waals surface area contributed by atoms with E-state index in [9.17, 15) is 82.9 Å². The summed E-state index contributed by atoms with van der Waals surface area (Å²) >= 11 is 0. The Hall–Kier alpha value is -8.00. The standard InChI is InChI=1S/C40H28N10O19S4/c51-33-19-34(52)31(18-30(33)45-43-23-5-1-21(2-6-23)41-28-11-9-25(49(54)55)15-35(28)71(61,62)63)46-47-32-17-27(70(58,59)60)13-20-14-37(73(67,68)69)39(40(53)38(20)32)48-44-24-7-3-22(4-8-24)42-29-12-10-26(50(56)57)16-36(29)72(64,65)66/h1-19,54,56-57H,(H6-,51,52,58,59,60,61,62,63,64,65,66,67,68,69)/p+1. The van der Waals surface area contributed by atoms with Crippen molar-refractivity contribution in [2.75, 3.05) is 10.5 Å². The van der Waals surface area contributed by atoms with Gasteiger partial charge < -0.3 is 15.5 Å². The van der Waals surface area contributed by atoms with E-state index in [2.05, 4.69) is 40.6 Å². The molecular formula is C40H29N10O19S4+. The first-order valence-corrected chi connectivity index (χ1v) is 25.2. The quantitative estimate of drug-likeness (QED) is 0.0345. The van der Waals surface area contributed by atoms with Crippen LogP contribution in [0.4, 0.5) is 28.4 Å². The molecule has 0 radical (unpaired) electrons. The Kier molecular flexibility index (Phi) is 14.7. The molecule has 0 fully saturated rings. The third-order valence-electron chi connectivity index (χ3n) is 9.63. The molecule has 3 aromatic carbocycles. The minimum absolute atomic E-state index is 0.0390. The first kappa shape index (κ1) is 52.8. The zero-order valence-electron chi connectivity index (χ0n) is 35.7. The van der Waals surface area contributed by atoms with Crippen LogP contribution in [0.25, 0.3) is 6.08 Å². The molecule has 0 saturated heterocycles. The fourth-order valence-electron chi connectivity index (χ4n) is 6.30. The fraction of sp³-hybridized carbons (Fsp3) is 0. The maximum atomic E-state index is 14.1. The highest BCUT2D eigenvalue weighted by Gasteiger charge is 2.44. The number of Topliss-reactive ketones (excluding diaryl/α,β-unsaturated/α-hetero) is 1. The second kappa shape index (κ2) is 20.2. The Bertz CT molecular complexity index is 3700. The summed E-state index contributed by atoms with van der Waals surface area (Å²) in [5.74, 6) is -3.01. The monoisotopic (exact) mass is 1080 g/mol. The number of allylic oxidation sites excluding steroid dienone is 11. The molecule has 7 rings (SSSR count). The average Bonchev–Trinajstić information content (AvgIpc) is 3.30. The highest BCUT2D eigenvalue weighted by molar-refractivity contribution is 7.97. The SMILES string of the molecule is O=C1C=C(O)C(=NN=C2C=CC(=Nc3ccc(N([O-])O)cc3S(=O)(=O)O)C=C2)C=C1N=Nc1cc([S+](=O)(O)O)cc2c1C(=O)C(=NN=C1C=CC(=Nc3ccc(N(O)O)cc3S(=O)(=O)O)C=C1)C([S+](=O)(O)O)=C2. The minimum atomic E-state index is -5.11. The van der Waals surface area contributed by atoms with Gasteiger partial charge in [-0.2, -0.15) is 45.2 Å². The first-order valence-electron chi connectivity index (χ1n) is 19.4. The van der Waals surface area contributed by atoms with E-state index in [1.54, 1.807) is 0 Å². The van der Waals surface area contributed by atoms with Crippen molar-refractivity contribution in [1.82, 2.24) is 0 Å². The van der Waals surface area contributed by atoms with Crippen LogP contribution in [-0.2, 0) is 54.4 Å². The summed E-state index contributed by atoms with van der Waals surface area (Å²) in [5, 5.41) is 71.5. The van der Waals surface area contributed by atoms with E-state index in [1.807, 2.05) is 0 Å². The highest BCUT2D eigenvalue weighted by Crippen LogP contribution is 2.38. The van der Waals surface area contributed by atoms with Crippen LogP contribution in [-0.4, -0.2) is 111 Å². The molecule has 0 bridgehead atoms. The molecule has 73 heavy (non-hydrogen) atoms. The van der Waals surface area contributed by atoms with Crippen molar-refractivity contribution in [2.24, 2.45) is 40.6 Å². The van der Waals surface area contributed by atoms with Crippen LogP contribution in [0.2, 0.25) is 0 Å². The van der Waals surface area contributed by atoms with Gasteiger partial charge in [-0.15, -0.1) is 25.7 Å². The largest absolute Gasteiger partial charge is 0.733 e. The molecule has 0 heterocycles. The van der Waals surface area contributed by atoms with Crippen LogP contribution in [0.15, 0.2) is 181 Å². The fourth-order valence-corrected chi connectivity index (χ4v) is 8.80. The molecule has 0 aliphatic heterocycles. The summed E-state index contributed by atoms with van der Waals surface area (Å²) in [5.41, 5.74) is -5.11. The Labute approximate surface area is 410 Å². The van der Waals surface area contributed by atoms with Gasteiger partial charge in [0.25, 0.3) is 25.1 Å². The van der Waals surface area contributed by atoms with Gasteiger partial charge in [0, 0.05) is 30.4 Å². The number of benzene rings is 3. The van der Waals surface area contributed by atoms with Gasteiger partial charge in [-0.05, 0) is 99.0 Å². The molecule has 0 unspecified atom stereocenters. The molecule has 0 amide bonds. The number of rotatable bonds is 12. The lowest BCUT2D eigenvalue weighted by molar-refractivity contribution is -0.111. The lowest BCUT2D eigenvalue weighted by Gasteiger charge is -2.22. The van der Waals surface area contributed by atoms with E-state index in [0.29, 0.717) is 30.4 Å². The van der Waals surface area contributed by atoms with E-state index in [1.165, 1.54) is 48.6 Å². The first-order chi connectivity index (χ1) is 34.1. The smallest absolute Gasteiger partial charge is 0.388 e. The van der Waals surface area contributed by atoms with E-state index in [-0.39, 0.29) is 39.9 Å². The number of nitrogens with zero attached hydrogens (tertiary/aromatic N) is 10. The summed E-state index contributed by atoms with van der Waals surface area (Å²) in [7, 11) is -19.8. The number of aliphatic hydroxyl groups is 1. The molecule has 0 aromatic heterocycles. The van der Waals surface area contributed by atoms with Crippen molar-refractivity contribution in [2.45, 2.75) is 14.7 Å². The van der Waals surface area contributed by atoms with Crippen molar-refractivity contribution in [1.29, 1.82) is 0 Å². The van der Waals surface area contributed by atoms with E-state index in [0.717, 1.165) is 36.4 Å². The Morgan fingerprint density at radius 1 is 0.575 bits per heavy atom. The van der Waals surface area contributed by atoms with Crippen molar-refractivity contribution in [3.05, 3.63) is 142 Å². The molecule has 3 aromatic rings. The number of hydrogen-bond acceptors (Lipinski definition) is 23. The predicted molar refractivity (Wildman–Crippen MR) is 259 cm³/mol. The number of fused-ring (bicyclic) bond motifs is 1. The summed E-state index contributed by atoms with van der Waals surface area (Å²) < 4.78 is 133. The number of ketones is 2. The number of carbonyl (C=O) groups is 2. The van der Waals surface area contributed by atoms with Crippen LogP contribution in [0.3, 0.4) is 0 Å². The number of hydrogen-bond donors (Lipinski definition) is 10. The van der Waals surface area contributed by atoms with Gasteiger partial charge in [0.15, 0.2) is 5.71 Å². The Morgan fingerprint density at radius 2 is 1.08 bits per heavy atom. The zero-order chi connectivity index (χ0) is 53.4. The third kappa shape index (κ3) is 12.4. The second-order valence-electron chi connectivity index (χ2n) is 14.6. The van der Waals surface area contributed by atoms with Gasteiger partial charge in [0.05, 0.1) is 51.2 Å². The van der Waals surface area contributed by atoms with Crippen molar-refractivity contribution in [3.8, 4) is 0 Å². The minimum Gasteiger partial charge on any atom is -0.733 e. The molecule has 376 valence electrons. The number of aliphatic hydroxyl groups excluding tert-OH is 1. The number of azo groups is 1. The summed E-state index contributed by atoms with van der Waals surface area (Å²) in [4.78, 5) is 31.8. The normalized spacial score (nSPS) is 17.3. The topological polar surface area (TPSA) is 467 Å². The number of anilines is 2. The van der Waals surface area contributed by atoms with Gasteiger partial charge in [0.1, 0.15) is 32.6 Å². The number of aliphatic imine (C=N–C) groups is 2. The van der Waals surface area contributed by atoms with Crippen LogP contribution >= 0.6 is 0 Å². The molecule has 10 N–H and O–H groups in total. The summed E-state index contributed by atoms with van der Waals surface area (Å²) in [6, 6.07) is 7.04. The maximum absolute atomic E-state index is 14.1. The van der Waals surface area contributed by atoms with E-state index >= 15 is 0 Å². The van der Waals surface area contributed by atoms with Crippen molar-refractivity contribution < 1.29 is 82.9 Å². The predicted octanol–water partition coefficient (Wildman–Crippen LogP) is 5.63. The third-order valence-corrected chi connectivity index (χ3v) is 13.1. The van der Waals surface area contributed by atoms with Gasteiger partial charge >= 0.3 is 21.0 Å². The molecule has 29 nitrogen and oxygen atoms in total. The molecular weight excluding hydrogens is 1050 g/mol. The van der Waals surface area contributed by atoms with Crippen LogP contribution in [0.5, 0.6) is 0 Å². The lowest BCUT2D eigenvalue weighted by Crippen LogP contribution is -2.29. The van der Waals surface area contributed by atoms with E-state index < -0.39 is 128 Å². The van der Waals surface area contributed by atoms with Gasteiger partial charge in [-0.3, -0.25) is 34.3 Å². The zero-order valence-corrected chi connectivity index (χ0v) is 39.0. The van der Waals surface area contributed by atoms with E-state index in [4.69, 9.17) is 5.21 Å². The molecule has 0 atom stereocenters. The maximum Gasteiger partial charge on any atom is 0.388 e. The lowest BCUT2D eigenvalue weighted by atomic mass is 9.93. The van der Waals surface area contributed by atoms with Gasteiger partial charge in [-0.1, -0.05) is 0 Å². The van der Waals surface area contributed by atoms with Crippen LogP contribution in [0, 0.1) is 5.21 Å². The Balaban J connectivity index is 1.19. The molecule has 33 heteroatoms. The number of carbonyl (C=O) groups excluding carboxylic acids is 2. The van der Waals surface area contributed by atoms with Gasteiger partial charge in [-0.25, -0.2) is 9.98 Å².